The van der Waals surface area contributed by atoms with Crippen LogP contribution in [0, 0.1) is 6.92 Å². The molecular weight excluding hydrogens is 268 g/mol. The number of methoxy groups -OCH3 is 1. The summed E-state index contributed by atoms with van der Waals surface area (Å²) in [6.45, 7) is 1.67. The van der Waals surface area contributed by atoms with Crippen LogP contribution in [-0.4, -0.2) is 25.5 Å². The molecule has 1 aromatic heterocycles. The summed E-state index contributed by atoms with van der Waals surface area (Å²) < 4.78 is 31.7. The van der Waals surface area contributed by atoms with Crippen LogP contribution in [0.15, 0.2) is 29.4 Å². The van der Waals surface area contributed by atoms with Crippen LogP contribution in [-0.2, 0) is 10.0 Å². The third-order valence-electron chi connectivity index (χ3n) is 2.44. The van der Waals surface area contributed by atoms with Gasteiger partial charge in [-0.15, -0.1) is 0 Å². The molecule has 19 heavy (non-hydrogen) atoms. The fourth-order valence-electron chi connectivity index (χ4n) is 1.53. The number of nitrogens with one attached hydrogen (secondary N) is 2. The fraction of sp³-hybridized carbons (Fsp3) is 0.182. The maximum atomic E-state index is 12.1. The highest BCUT2D eigenvalue weighted by Gasteiger charge is 2.18. The number of nitrogens with two attached hydrogens (primary N) is 1. The van der Waals surface area contributed by atoms with Crippen molar-refractivity contribution in [1.82, 2.24) is 9.97 Å². The van der Waals surface area contributed by atoms with E-state index in [1.807, 2.05) is 0 Å². The van der Waals surface area contributed by atoms with Crippen molar-refractivity contribution < 1.29 is 13.2 Å². The number of ether oxygens (including phenoxy) is 1. The molecule has 4 N–H and O–H groups in total. The summed E-state index contributed by atoms with van der Waals surface area (Å²) in [5.74, 6) is 0.865. The van der Waals surface area contributed by atoms with Crippen molar-refractivity contribution in [3.63, 3.8) is 0 Å². The Morgan fingerprint density at radius 3 is 2.74 bits per heavy atom. The van der Waals surface area contributed by atoms with E-state index in [4.69, 9.17) is 10.5 Å². The number of aromatic nitrogens is 2. The van der Waals surface area contributed by atoms with Crippen LogP contribution in [0.3, 0.4) is 0 Å². The molecule has 0 saturated heterocycles. The first-order valence-electron chi connectivity index (χ1n) is 5.40. The van der Waals surface area contributed by atoms with E-state index in [1.165, 1.54) is 25.4 Å². The van der Waals surface area contributed by atoms with Gasteiger partial charge in [0.1, 0.15) is 11.6 Å². The zero-order chi connectivity index (χ0) is 14.0. The highest BCUT2D eigenvalue weighted by atomic mass is 32.2. The van der Waals surface area contributed by atoms with Crippen molar-refractivity contribution in [2.75, 3.05) is 17.6 Å². The quantitative estimate of drug-likeness (QED) is 0.728. The number of nitrogen functional groups attached to an aromatic ring is 1. The summed E-state index contributed by atoms with van der Waals surface area (Å²) in [7, 11) is -2.29. The molecule has 1 aromatic carbocycles. The van der Waals surface area contributed by atoms with Gasteiger partial charge in [0.15, 0.2) is 5.03 Å². The number of imidazole rings is 1. The zero-order valence-corrected chi connectivity index (χ0v) is 11.3. The predicted molar refractivity (Wildman–Crippen MR) is 71.5 cm³/mol. The van der Waals surface area contributed by atoms with Crippen LogP contribution < -0.4 is 15.2 Å². The van der Waals surface area contributed by atoms with Crippen LogP contribution in [0.1, 0.15) is 5.82 Å². The lowest BCUT2D eigenvalue weighted by Gasteiger charge is -2.11. The number of anilines is 2. The van der Waals surface area contributed by atoms with Crippen LogP contribution in [0.5, 0.6) is 5.75 Å². The number of hydrogen-bond acceptors (Lipinski definition) is 5. The minimum Gasteiger partial charge on any atom is -0.494 e. The van der Waals surface area contributed by atoms with Gasteiger partial charge in [-0.3, -0.25) is 4.72 Å². The van der Waals surface area contributed by atoms with Gasteiger partial charge in [0, 0.05) is 11.8 Å². The SMILES string of the molecule is COc1cc(N)ccc1NS(=O)(=O)c1cnc(C)[nH]1. The molecule has 0 unspecified atom stereocenters. The summed E-state index contributed by atoms with van der Waals surface area (Å²) in [5.41, 5.74) is 6.40. The molecular formula is C11H14N4O3S. The molecule has 0 radical (unpaired) electrons. The zero-order valence-electron chi connectivity index (χ0n) is 10.5. The Kier molecular flexibility index (Phi) is 3.34. The fourth-order valence-corrected chi connectivity index (χ4v) is 2.57. The minimum absolute atomic E-state index is 0.0103. The predicted octanol–water partition coefficient (Wildman–Crippen LogP) is 1.11. The normalized spacial score (nSPS) is 11.3. The first-order chi connectivity index (χ1) is 8.92. The van der Waals surface area contributed by atoms with E-state index in [0.717, 1.165) is 0 Å². The highest BCUT2D eigenvalue weighted by molar-refractivity contribution is 7.92. The molecule has 2 aromatic rings. The Balaban J connectivity index is 2.35. The van der Waals surface area contributed by atoms with Crippen molar-refractivity contribution in [2.45, 2.75) is 11.9 Å². The molecule has 8 heteroatoms. The van der Waals surface area contributed by atoms with Gasteiger partial charge >= 0.3 is 0 Å². The molecule has 0 aliphatic heterocycles. The average molecular weight is 282 g/mol. The maximum Gasteiger partial charge on any atom is 0.279 e. The van der Waals surface area contributed by atoms with Gasteiger partial charge in [-0.05, 0) is 19.1 Å². The lowest BCUT2D eigenvalue weighted by Crippen LogP contribution is -2.14. The van der Waals surface area contributed by atoms with E-state index in [2.05, 4.69) is 14.7 Å². The van der Waals surface area contributed by atoms with Crippen molar-refractivity contribution in [2.24, 2.45) is 0 Å². The molecule has 0 spiro atoms. The van der Waals surface area contributed by atoms with Crippen LogP contribution in [0.4, 0.5) is 11.4 Å². The summed E-state index contributed by atoms with van der Waals surface area (Å²) in [4.78, 5) is 6.51. The Labute approximate surface area is 110 Å². The van der Waals surface area contributed by atoms with E-state index in [1.54, 1.807) is 13.0 Å². The van der Waals surface area contributed by atoms with Gasteiger partial charge in [0.25, 0.3) is 10.0 Å². The first kappa shape index (κ1) is 13.2. The standard InChI is InChI=1S/C11H14N4O3S/c1-7-13-6-11(14-7)19(16,17)15-9-4-3-8(12)5-10(9)18-2/h3-6,15H,12H2,1-2H3,(H,13,14). The number of rotatable bonds is 4. The van der Waals surface area contributed by atoms with Gasteiger partial charge in [-0.2, -0.15) is 8.42 Å². The number of benzene rings is 1. The third kappa shape index (κ3) is 2.79. The Morgan fingerprint density at radius 2 is 2.16 bits per heavy atom. The number of nitrogens with zero attached hydrogens (tertiary/aromatic N) is 1. The van der Waals surface area contributed by atoms with Crippen molar-refractivity contribution in [3.05, 3.63) is 30.2 Å². The van der Waals surface area contributed by atoms with E-state index >= 15 is 0 Å². The Morgan fingerprint density at radius 1 is 1.42 bits per heavy atom. The molecule has 0 saturated carbocycles. The van der Waals surface area contributed by atoms with E-state index in [0.29, 0.717) is 22.9 Å². The van der Waals surface area contributed by atoms with Gasteiger partial charge in [0.2, 0.25) is 0 Å². The molecule has 0 bridgehead atoms. The number of aromatic amines is 1. The second-order valence-corrected chi connectivity index (χ2v) is 5.55. The second-order valence-electron chi connectivity index (χ2n) is 3.90. The molecule has 2 rings (SSSR count). The average Bonchev–Trinajstić information content (AvgIpc) is 2.79. The number of H-pyrrole nitrogens is 1. The first-order valence-corrected chi connectivity index (χ1v) is 6.88. The Bertz CT molecular complexity index is 694. The van der Waals surface area contributed by atoms with E-state index < -0.39 is 10.0 Å². The van der Waals surface area contributed by atoms with E-state index in [9.17, 15) is 8.42 Å². The van der Waals surface area contributed by atoms with Crippen molar-refractivity contribution in [3.8, 4) is 5.75 Å². The molecule has 0 aliphatic carbocycles. The monoisotopic (exact) mass is 282 g/mol. The van der Waals surface area contributed by atoms with Crippen LogP contribution in [0.25, 0.3) is 0 Å². The summed E-state index contributed by atoms with van der Waals surface area (Å²) in [5, 5.41) is -0.0103. The third-order valence-corrected chi connectivity index (χ3v) is 3.71. The molecule has 102 valence electrons. The Hall–Kier alpha value is -2.22. The smallest absolute Gasteiger partial charge is 0.279 e. The lowest BCUT2D eigenvalue weighted by molar-refractivity contribution is 0.417. The maximum absolute atomic E-state index is 12.1. The summed E-state index contributed by atoms with van der Waals surface area (Å²) in [6.07, 6.45) is 1.25. The molecule has 0 atom stereocenters. The van der Waals surface area contributed by atoms with Crippen molar-refractivity contribution in [1.29, 1.82) is 0 Å². The van der Waals surface area contributed by atoms with Gasteiger partial charge < -0.3 is 15.5 Å². The molecule has 0 aliphatic rings. The van der Waals surface area contributed by atoms with Gasteiger partial charge in [0.05, 0.1) is 19.0 Å². The molecule has 0 fully saturated rings. The number of hydrogen-bond donors (Lipinski definition) is 3. The lowest BCUT2D eigenvalue weighted by atomic mass is 10.2. The minimum atomic E-state index is -3.73. The number of aryl methyl sites for hydroxylation is 1. The second kappa shape index (κ2) is 4.81. The molecule has 7 nitrogen and oxygen atoms in total. The largest absolute Gasteiger partial charge is 0.494 e. The molecule has 1 heterocycles. The molecule has 0 amide bonds. The van der Waals surface area contributed by atoms with Crippen molar-refractivity contribution >= 4 is 21.4 Å². The summed E-state index contributed by atoms with van der Waals surface area (Å²) >= 11 is 0. The highest BCUT2D eigenvalue weighted by Crippen LogP contribution is 2.28. The topological polar surface area (TPSA) is 110 Å². The van der Waals surface area contributed by atoms with Gasteiger partial charge in [-0.1, -0.05) is 0 Å². The van der Waals surface area contributed by atoms with Crippen LogP contribution in [0.2, 0.25) is 0 Å². The summed E-state index contributed by atoms with van der Waals surface area (Å²) in [6, 6.07) is 4.66. The number of sulfonamides is 1. The van der Waals surface area contributed by atoms with Gasteiger partial charge in [-0.25, -0.2) is 4.98 Å². The van der Waals surface area contributed by atoms with E-state index in [-0.39, 0.29) is 5.03 Å². The van der Waals surface area contributed by atoms with Crippen LogP contribution >= 0.6 is 0 Å².